The average molecular weight is 428 g/mol. The second kappa shape index (κ2) is 11.6. The van der Waals surface area contributed by atoms with Crippen LogP contribution < -0.4 is 5.73 Å². The standard InChI is InChI=1S/C30H53N/c1-12-14-29(23(7)8)18-25(10)28(26(11)31)30(16-22(5)6,20-27(13-2)19-29)17-24(9)15-21(3)4/h15,17,22,25,27H,7,12-14,16,18-20,31H2,1-6,8-11H3/b24-17-,28-26+. The number of hydrogen-bond acceptors (Lipinski definition) is 1. The summed E-state index contributed by atoms with van der Waals surface area (Å²) in [5.74, 6) is 1.76. The summed E-state index contributed by atoms with van der Waals surface area (Å²) in [4.78, 5) is 0. The first kappa shape index (κ1) is 27.8. The summed E-state index contributed by atoms with van der Waals surface area (Å²) in [6.45, 7) is 27.5. The lowest BCUT2D eigenvalue weighted by Crippen LogP contribution is -2.39. The molecule has 0 saturated heterocycles. The van der Waals surface area contributed by atoms with E-state index in [1.807, 2.05) is 0 Å². The van der Waals surface area contributed by atoms with Crippen LogP contribution in [0.4, 0.5) is 0 Å². The summed E-state index contributed by atoms with van der Waals surface area (Å²) < 4.78 is 0. The molecule has 0 radical (unpaired) electrons. The number of allylic oxidation sites excluding steroid dienone is 7. The molecule has 0 heterocycles. The van der Waals surface area contributed by atoms with Gasteiger partial charge in [-0.1, -0.05) is 82.9 Å². The molecule has 0 bridgehead atoms. The van der Waals surface area contributed by atoms with Gasteiger partial charge in [-0.2, -0.15) is 0 Å². The van der Waals surface area contributed by atoms with Crippen LogP contribution >= 0.6 is 0 Å². The third-order valence-electron chi connectivity index (χ3n) is 7.49. The number of rotatable bonds is 8. The van der Waals surface area contributed by atoms with E-state index in [1.165, 1.54) is 67.2 Å². The summed E-state index contributed by atoms with van der Waals surface area (Å²) in [5.41, 5.74) is 13.7. The highest BCUT2D eigenvalue weighted by atomic mass is 14.6. The van der Waals surface area contributed by atoms with Gasteiger partial charge in [0.15, 0.2) is 0 Å². The fourth-order valence-corrected chi connectivity index (χ4v) is 6.88. The van der Waals surface area contributed by atoms with Crippen molar-refractivity contribution in [3.63, 3.8) is 0 Å². The molecule has 1 nitrogen and oxygen atoms in total. The van der Waals surface area contributed by atoms with Crippen LogP contribution in [0.1, 0.15) is 114 Å². The highest BCUT2D eigenvalue weighted by Crippen LogP contribution is 2.56. The Morgan fingerprint density at radius 3 is 2.13 bits per heavy atom. The molecule has 31 heavy (non-hydrogen) atoms. The maximum Gasteiger partial charge on any atom is 0.0124 e. The fraction of sp³-hybridized carbons (Fsp3) is 0.733. The van der Waals surface area contributed by atoms with E-state index in [2.05, 4.69) is 88.0 Å². The van der Waals surface area contributed by atoms with Gasteiger partial charge in [0.2, 0.25) is 0 Å². The summed E-state index contributed by atoms with van der Waals surface area (Å²) in [7, 11) is 0. The zero-order chi connectivity index (χ0) is 24.0. The van der Waals surface area contributed by atoms with E-state index in [-0.39, 0.29) is 10.8 Å². The zero-order valence-corrected chi connectivity index (χ0v) is 22.6. The van der Waals surface area contributed by atoms with Crippen molar-refractivity contribution in [2.75, 3.05) is 0 Å². The van der Waals surface area contributed by atoms with Crippen LogP contribution in [0, 0.1) is 28.6 Å². The van der Waals surface area contributed by atoms with Gasteiger partial charge in [0, 0.05) is 11.1 Å². The molecule has 4 atom stereocenters. The van der Waals surface area contributed by atoms with E-state index >= 15 is 0 Å². The summed E-state index contributed by atoms with van der Waals surface area (Å²) in [6, 6.07) is 0. The van der Waals surface area contributed by atoms with E-state index in [9.17, 15) is 0 Å². The Labute approximate surface area is 195 Å². The van der Waals surface area contributed by atoms with Crippen molar-refractivity contribution in [2.24, 2.45) is 34.3 Å². The summed E-state index contributed by atoms with van der Waals surface area (Å²) in [6.07, 6.45) is 13.4. The van der Waals surface area contributed by atoms with Crippen molar-refractivity contribution in [2.45, 2.75) is 114 Å². The molecule has 1 aliphatic carbocycles. The minimum absolute atomic E-state index is 0.0383. The highest BCUT2D eigenvalue weighted by molar-refractivity contribution is 5.34. The molecule has 178 valence electrons. The molecule has 0 aliphatic heterocycles. The van der Waals surface area contributed by atoms with E-state index in [1.54, 1.807) is 0 Å². The van der Waals surface area contributed by atoms with Gasteiger partial charge in [-0.25, -0.2) is 0 Å². The largest absolute Gasteiger partial charge is 0.402 e. The molecule has 1 fully saturated rings. The van der Waals surface area contributed by atoms with E-state index < -0.39 is 0 Å². The molecular formula is C30H53N. The molecule has 0 spiro atoms. The van der Waals surface area contributed by atoms with Crippen molar-refractivity contribution in [1.82, 2.24) is 0 Å². The first-order valence-electron chi connectivity index (χ1n) is 12.8. The van der Waals surface area contributed by atoms with Gasteiger partial charge >= 0.3 is 0 Å². The van der Waals surface area contributed by atoms with Crippen LogP contribution in [-0.2, 0) is 0 Å². The van der Waals surface area contributed by atoms with Crippen LogP contribution in [0.5, 0.6) is 0 Å². The Morgan fingerprint density at radius 1 is 1.10 bits per heavy atom. The average Bonchev–Trinajstić information content (AvgIpc) is 2.57. The first-order valence-corrected chi connectivity index (χ1v) is 12.8. The molecule has 1 rings (SSSR count). The monoisotopic (exact) mass is 427 g/mol. The van der Waals surface area contributed by atoms with E-state index in [4.69, 9.17) is 5.73 Å². The molecule has 1 saturated carbocycles. The molecule has 0 amide bonds. The quantitative estimate of drug-likeness (QED) is 0.303. The van der Waals surface area contributed by atoms with Crippen LogP contribution in [0.2, 0.25) is 0 Å². The third-order valence-corrected chi connectivity index (χ3v) is 7.49. The summed E-state index contributed by atoms with van der Waals surface area (Å²) >= 11 is 0. The van der Waals surface area contributed by atoms with E-state index in [0.29, 0.717) is 17.8 Å². The van der Waals surface area contributed by atoms with Gasteiger partial charge in [-0.05, 0) is 95.5 Å². The predicted octanol–water partition coefficient (Wildman–Crippen LogP) is 9.37. The van der Waals surface area contributed by atoms with Gasteiger partial charge in [0.1, 0.15) is 0 Å². The van der Waals surface area contributed by atoms with Crippen molar-refractivity contribution in [1.29, 1.82) is 0 Å². The van der Waals surface area contributed by atoms with Crippen LogP contribution in [-0.4, -0.2) is 0 Å². The SMILES string of the molecule is C=C(C)C1(CCC)CC(CC)CC(/C=C(/C)C=C(C)C)(CC(C)C)/C(=C(\C)N)C(C)C1. The van der Waals surface area contributed by atoms with Gasteiger partial charge in [0.25, 0.3) is 0 Å². The smallest absolute Gasteiger partial charge is 0.0124 e. The second-order valence-electron chi connectivity index (χ2n) is 11.6. The second-order valence-corrected chi connectivity index (χ2v) is 11.6. The highest BCUT2D eigenvalue weighted by Gasteiger charge is 2.45. The molecule has 0 aromatic rings. The minimum Gasteiger partial charge on any atom is -0.402 e. The van der Waals surface area contributed by atoms with Crippen LogP contribution in [0.15, 0.2) is 46.7 Å². The predicted molar refractivity (Wildman–Crippen MR) is 141 cm³/mol. The van der Waals surface area contributed by atoms with Crippen LogP contribution in [0.3, 0.4) is 0 Å². The van der Waals surface area contributed by atoms with Crippen molar-refractivity contribution >= 4 is 0 Å². The molecule has 1 aliphatic rings. The Hall–Kier alpha value is -1.24. The van der Waals surface area contributed by atoms with Gasteiger partial charge < -0.3 is 5.73 Å². The normalized spacial score (nSPS) is 31.8. The van der Waals surface area contributed by atoms with Gasteiger partial charge in [0.05, 0.1) is 0 Å². The Kier molecular flexibility index (Phi) is 10.4. The van der Waals surface area contributed by atoms with Crippen LogP contribution in [0.25, 0.3) is 0 Å². The molecule has 1 heteroatoms. The Bertz CT molecular complexity index is 696. The van der Waals surface area contributed by atoms with Crippen molar-refractivity contribution in [3.05, 3.63) is 46.7 Å². The summed E-state index contributed by atoms with van der Waals surface area (Å²) in [5, 5.41) is 0. The number of hydrogen-bond donors (Lipinski definition) is 1. The Morgan fingerprint density at radius 2 is 1.71 bits per heavy atom. The lowest BCUT2D eigenvalue weighted by molar-refractivity contribution is 0.130. The first-order chi connectivity index (χ1) is 14.3. The van der Waals surface area contributed by atoms with Crippen molar-refractivity contribution in [3.8, 4) is 0 Å². The molecule has 2 N–H and O–H groups in total. The van der Waals surface area contributed by atoms with E-state index in [0.717, 1.165) is 5.70 Å². The topological polar surface area (TPSA) is 26.0 Å². The molecule has 0 aromatic carbocycles. The molecular weight excluding hydrogens is 374 g/mol. The lowest BCUT2D eigenvalue weighted by Gasteiger charge is -2.49. The van der Waals surface area contributed by atoms with Gasteiger partial charge in [-0.3, -0.25) is 0 Å². The number of nitrogens with two attached hydrogens (primary N) is 1. The maximum absolute atomic E-state index is 6.74. The third kappa shape index (κ3) is 7.13. The Balaban J connectivity index is 3.80. The molecule has 0 aromatic heterocycles. The minimum atomic E-state index is 0.0383. The maximum atomic E-state index is 6.74. The lowest BCUT2D eigenvalue weighted by atomic mass is 9.55. The molecule has 4 unspecified atom stereocenters. The van der Waals surface area contributed by atoms with Crippen molar-refractivity contribution < 1.29 is 0 Å². The fourth-order valence-electron chi connectivity index (χ4n) is 6.88. The zero-order valence-electron chi connectivity index (χ0n) is 22.6. The van der Waals surface area contributed by atoms with Gasteiger partial charge in [-0.15, -0.1) is 0 Å².